The van der Waals surface area contributed by atoms with Gasteiger partial charge in [0.25, 0.3) is 0 Å². The third-order valence-electron chi connectivity index (χ3n) is 2.00. The highest BCUT2D eigenvalue weighted by molar-refractivity contribution is 5.79. The molecule has 0 amide bonds. The molecule has 0 saturated carbocycles. The van der Waals surface area contributed by atoms with E-state index in [1.54, 1.807) is 0 Å². The van der Waals surface area contributed by atoms with Gasteiger partial charge in [-0.1, -0.05) is 6.92 Å². The van der Waals surface area contributed by atoms with E-state index in [9.17, 15) is 4.79 Å². The van der Waals surface area contributed by atoms with E-state index >= 15 is 0 Å². The van der Waals surface area contributed by atoms with Crippen molar-refractivity contribution in [1.82, 2.24) is 0 Å². The van der Waals surface area contributed by atoms with Crippen molar-refractivity contribution in [2.24, 2.45) is 0 Å². The van der Waals surface area contributed by atoms with E-state index in [1.165, 1.54) is 7.11 Å². The van der Waals surface area contributed by atoms with E-state index in [1.807, 2.05) is 13.8 Å². The fraction of sp³-hybridized carbons (Fsp3) is 0.857. The summed E-state index contributed by atoms with van der Waals surface area (Å²) in [4.78, 5) is 10.8. The molecule has 0 bridgehead atoms. The van der Waals surface area contributed by atoms with Crippen molar-refractivity contribution >= 4 is 5.97 Å². The summed E-state index contributed by atoms with van der Waals surface area (Å²) in [5.41, 5.74) is -0.243. The first kappa shape index (κ1) is 7.54. The summed E-state index contributed by atoms with van der Waals surface area (Å²) in [5.74, 6) is -0.260. The van der Waals surface area contributed by atoms with Crippen LogP contribution in [0.15, 0.2) is 0 Å². The van der Waals surface area contributed by atoms with Crippen molar-refractivity contribution < 1.29 is 14.3 Å². The number of epoxide rings is 1. The van der Waals surface area contributed by atoms with Crippen LogP contribution in [0.2, 0.25) is 0 Å². The van der Waals surface area contributed by atoms with Crippen LogP contribution in [-0.4, -0.2) is 24.8 Å². The molecule has 1 heterocycles. The molecule has 10 heavy (non-hydrogen) atoms. The highest BCUT2D eigenvalue weighted by Crippen LogP contribution is 2.39. The summed E-state index contributed by atoms with van der Waals surface area (Å²) in [6, 6.07) is 0. The number of carbonyl (C=O) groups is 1. The lowest BCUT2D eigenvalue weighted by Gasteiger charge is -1.98. The Kier molecular flexibility index (Phi) is 1.68. The minimum Gasteiger partial charge on any atom is -0.467 e. The molecule has 0 N–H and O–H groups in total. The van der Waals surface area contributed by atoms with Crippen LogP contribution in [0.3, 0.4) is 0 Å². The van der Waals surface area contributed by atoms with Gasteiger partial charge in [-0.3, -0.25) is 0 Å². The van der Waals surface area contributed by atoms with Crippen LogP contribution < -0.4 is 0 Å². The second kappa shape index (κ2) is 2.23. The van der Waals surface area contributed by atoms with Crippen LogP contribution >= 0.6 is 0 Å². The molecule has 1 fully saturated rings. The highest BCUT2D eigenvalue weighted by Gasteiger charge is 2.56. The minimum atomic E-state index is -0.317. The van der Waals surface area contributed by atoms with Gasteiger partial charge >= 0.3 is 5.97 Å². The van der Waals surface area contributed by atoms with Crippen LogP contribution in [0, 0.1) is 0 Å². The molecule has 3 heteroatoms. The molecule has 58 valence electrons. The molecular formula is C7H12O3. The molecule has 1 aliphatic rings. The summed E-state index contributed by atoms with van der Waals surface area (Å²) in [7, 11) is 1.38. The molecule has 1 aliphatic heterocycles. The molecule has 0 spiro atoms. The van der Waals surface area contributed by atoms with Crippen molar-refractivity contribution in [3.63, 3.8) is 0 Å². The zero-order valence-corrected chi connectivity index (χ0v) is 6.51. The maximum absolute atomic E-state index is 10.8. The Labute approximate surface area is 60.3 Å². The number of hydrogen-bond donors (Lipinski definition) is 0. The van der Waals surface area contributed by atoms with E-state index in [0.717, 1.165) is 6.42 Å². The monoisotopic (exact) mass is 144 g/mol. The third kappa shape index (κ3) is 1.01. The zero-order valence-electron chi connectivity index (χ0n) is 6.51. The van der Waals surface area contributed by atoms with Crippen LogP contribution in [0.5, 0.6) is 0 Å². The molecule has 3 nitrogen and oxygen atoms in total. The SMILES string of the molecule is CCC1(C)OC1C(=O)OC. The second-order valence-corrected chi connectivity index (χ2v) is 2.69. The van der Waals surface area contributed by atoms with Gasteiger partial charge in [-0.05, 0) is 13.3 Å². The van der Waals surface area contributed by atoms with Crippen molar-refractivity contribution in [2.75, 3.05) is 7.11 Å². The molecule has 1 rings (SSSR count). The van der Waals surface area contributed by atoms with Crippen LogP contribution in [-0.2, 0) is 14.3 Å². The van der Waals surface area contributed by atoms with Gasteiger partial charge in [-0.15, -0.1) is 0 Å². The molecule has 0 aromatic rings. The normalized spacial score (nSPS) is 37.3. The topological polar surface area (TPSA) is 38.8 Å². The molecule has 2 unspecified atom stereocenters. The first-order valence-electron chi connectivity index (χ1n) is 3.39. The van der Waals surface area contributed by atoms with Gasteiger partial charge in [-0.2, -0.15) is 0 Å². The van der Waals surface area contributed by atoms with E-state index < -0.39 is 0 Å². The van der Waals surface area contributed by atoms with Crippen LogP contribution in [0.25, 0.3) is 0 Å². The smallest absolute Gasteiger partial charge is 0.338 e. The largest absolute Gasteiger partial charge is 0.467 e. The first-order valence-corrected chi connectivity index (χ1v) is 3.39. The number of carbonyl (C=O) groups excluding carboxylic acids is 1. The van der Waals surface area contributed by atoms with Gasteiger partial charge in [0.05, 0.1) is 7.11 Å². The first-order chi connectivity index (χ1) is 4.64. The molecule has 0 aromatic heterocycles. The third-order valence-corrected chi connectivity index (χ3v) is 2.00. The lowest BCUT2D eigenvalue weighted by Crippen LogP contribution is -2.17. The Bertz CT molecular complexity index is 155. The van der Waals surface area contributed by atoms with Crippen LogP contribution in [0.1, 0.15) is 20.3 Å². The summed E-state index contributed by atoms with van der Waals surface area (Å²) in [6.07, 6.45) is 0.537. The van der Waals surface area contributed by atoms with Crippen molar-refractivity contribution in [3.8, 4) is 0 Å². The Hall–Kier alpha value is -0.570. The van der Waals surface area contributed by atoms with Gasteiger partial charge in [0, 0.05) is 0 Å². The lowest BCUT2D eigenvalue weighted by molar-refractivity contribution is -0.142. The standard InChI is InChI=1S/C7H12O3/c1-4-7(2)5(10-7)6(8)9-3/h5H,4H2,1-3H3. The molecule has 2 atom stereocenters. The Morgan fingerprint density at radius 1 is 1.80 bits per heavy atom. The Morgan fingerprint density at radius 2 is 2.40 bits per heavy atom. The van der Waals surface area contributed by atoms with Gasteiger partial charge in [-0.25, -0.2) is 4.79 Å². The Morgan fingerprint density at radius 3 is 2.70 bits per heavy atom. The van der Waals surface area contributed by atoms with Gasteiger partial charge < -0.3 is 9.47 Å². The van der Waals surface area contributed by atoms with Crippen molar-refractivity contribution in [2.45, 2.75) is 32.0 Å². The number of rotatable bonds is 2. The lowest BCUT2D eigenvalue weighted by atomic mass is 10.1. The van der Waals surface area contributed by atoms with E-state index in [2.05, 4.69) is 4.74 Å². The quantitative estimate of drug-likeness (QED) is 0.423. The highest BCUT2D eigenvalue weighted by atomic mass is 16.6. The van der Waals surface area contributed by atoms with Gasteiger partial charge in [0.1, 0.15) is 5.60 Å². The summed E-state index contributed by atoms with van der Waals surface area (Å²) < 4.78 is 9.64. The van der Waals surface area contributed by atoms with Gasteiger partial charge in [0.15, 0.2) is 6.10 Å². The zero-order chi connectivity index (χ0) is 7.78. The maximum atomic E-state index is 10.8. The fourth-order valence-electron chi connectivity index (χ4n) is 0.908. The second-order valence-electron chi connectivity index (χ2n) is 2.69. The predicted octanol–water partition coefficient (Wildman–Crippen LogP) is 0.727. The predicted molar refractivity (Wildman–Crippen MR) is 35.6 cm³/mol. The van der Waals surface area contributed by atoms with E-state index in [4.69, 9.17) is 4.74 Å². The maximum Gasteiger partial charge on any atom is 0.338 e. The van der Waals surface area contributed by atoms with Crippen molar-refractivity contribution in [3.05, 3.63) is 0 Å². The average Bonchev–Trinajstić information content (AvgIpc) is 2.62. The van der Waals surface area contributed by atoms with Crippen molar-refractivity contribution in [1.29, 1.82) is 0 Å². The average molecular weight is 144 g/mol. The minimum absolute atomic E-state index is 0.243. The van der Waals surface area contributed by atoms with Crippen LogP contribution in [0.4, 0.5) is 0 Å². The van der Waals surface area contributed by atoms with Gasteiger partial charge in [0.2, 0.25) is 0 Å². The molecule has 1 saturated heterocycles. The summed E-state index contributed by atoms with van der Waals surface area (Å²) >= 11 is 0. The molecule has 0 radical (unpaired) electrons. The Balaban J connectivity index is 2.44. The number of ether oxygens (including phenoxy) is 2. The van der Waals surface area contributed by atoms with E-state index in [-0.39, 0.29) is 17.7 Å². The van der Waals surface area contributed by atoms with E-state index in [0.29, 0.717) is 0 Å². The molecule has 0 aromatic carbocycles. The number of esters is 1. The molecule has 0 aliphatic carbocycles. The fourth-order valence-corrected chi connectivity index (χ4v) is 0.908. The summed E-state index contributed by atoms with van der Waals surface area (Å²) in [5, 5.41) is 0. The number of methoxy groups -OCH3 is 1. The number of hydrogen-bond acceptors (Lipinski definition) is 3. The molecular weight excluding hydrogens is 132 g/mol. The summed E-state index contributed by atoms with van der Waals surface area (Å²) in [6.45, 7) is 3.90.